The third-order valence-electron chi connectivity index (χ3n) is 2.39. The summed E-state index contributed by atoms with van der Waals surface area (Å²) in [7, 11) is 0. The zero-order chi connectivity index (χ0) is 12.4. The predicted octanol–water partition coefficient (Wildman–Crippen LogP) is 0.956. The minimum atomic E-state index is -0.542. The van der Waals surface area contributed by atoms with Crippen LogP contribution in [0.15, 0.2) is 12.3 Å². The molecule has 92 valence electrons. The molecule has 0 radical (unpaired) electrons. The summed E-state index contributed by atoms with van der Waals surface area (Å²) >= 11 is 0. The monoisotopic (exact) mass is 227 g/mol. The normalized spacial score (nSPS) is 27.1. The largest absolute Gasteiger partial charge is 0.388 e. The zero-order valence-electron chi connectivity index (χ0n) is 10.3. The Morgan fingerprint density at radius 3 is 2.50 bits per heavy atom. The molecule has 1 unspecified atom stereocenters. The Kier molecular flexibility index (Phi) is 3.60. The molecule has 1 aliphatic heterocycles. The third-order valence-corrected chi connectivity index (χ3v) is 2.39. The van der Waals surface area contributed by atoms with E-state index in [9.17, 15) is 0 Å². The van der Waals surface area contributed by atoms with Gasteiger partial charge in [-0.05, 0) is 33.8 Å². The first-order valence-corrected chi connectivity index (χ1v) is 5.35. The molecule has 0 saturated carbocycles. The van der Waals surface area contributed by atoms with Gasteiger partial charge >= 0.3 is 0 Å². The van der Waals surface area contributed by atoms with Crippen molar-refractivity contribution in [3.63, 3.8) is 0 Å². The van der Waals surface area contributed by atoms with Crippen molar-refractivity contribution in [2.24, 2.45) is 5.73 Å². The highest BCUT2D eigenvalue weighted by Crippen LogP contribution is 2.35. The van der Waals surface area contributed by atoms with E-state index in [1.54, 1.807) is 6.20 Å². The Morgan fingerprint density at radius 1 is 1.44 bits per heavy atom. The number of hydrogen-bond acceptors (Lipinski definition) is 4. The lowest BCUT2D eigenvalue weighted by Crippen LogP contribution is -2.39. The van der Waals surface area contributed by atoms with Gasteiger partial charge in [0.2, 0.25) is 0 Å². The van der Waals surface area contributed by atoms with Crippen LogP contribution in [0.2, 0.25) is 0 Å². The lowest BCUT2D eigenvalue weighted by Gasteiger charge is -2.23. The quantitative estimate of drug-likeness (QED) is 0.493. The van der Waals surface area contributed by atoms with Crippen molar-refractivity contribution in [1.82, 2.24) is 5.32 Å². The van der Waals surface area contributed by atoms with Crippen molar-refractivity contribution >= 4 is 5.84 Å². The summed E-state index contributed by atoms with van der Waals surface area (Å²) in [5.74, 6) is -0.518. The van der Waals surface area contributed by atoms with Crippen molar-refractivity contribution in [3.05, 3.63) is 12.3 Å². The Bertz CT molecular complexity index is 298. The summed E-state index contributed by atoms with van der Waals surface area (Å²) < 4.78 is 11.5. The number of rotatable bonds is 4. The van der Waals surface area contributed by atoms with Crippen LogP contribution in [0.1, 0.15) is 27.7 Å². The lowest BCUT2D eigenvalue weighted by atomic mass is 10.0. The number of hydrogen-bond donors (Lipinski definition) is 3. The minimum absolute atomic E-state index is 0.0238. The topological polar surface area (TPSA) is 80.4 Å². The molecule has 1 atom stereocenters. The second-order valence-corrected chi connectivity index (χ2v) is 4.91. The summed E-state index contributed by atoms with van der Waals surface area (Å²) in [5.41, 5.74) is 4.86. The van der Waals surface area contributed by atoms with E-state index in [4.69, 9.17) is 20.6 Å². The molecule has 1 fully saturated rings. The van der Waals surface area contributed by atoms with Crippen molar-refractivity contribution < 1.29 is 9.47 Å². The van der Waals surface area contributed by atoms with E-state index >= 15 is 0 Å². The molecule has 1 aliphatic rings. The van der Waals surface area contributed by atoms with Gasteiger partial charge in [0.25, 0.3) is 0 Å². The second-order valence-electron chi connectivity index (χ2n) is 4.91. The SMILES string of the molecule is CC1(C)OC(CN/C=C\C(=N)N)C(C)(C)O1. The van der Waals surface area contributed by atoms with Gasteiger partial charge in [0, 0.05) is 12.7 Å². The molecule has 16 heavy (non-hydrogen) atoms. The van der Waals surface area contributed by atoms with Crippen LogP contribution in [0.3, 0.4) is 0 Å². The molecule has 0 bridgehead atoms. The van der Waals surface area contributed by atoms with E-state index in [1.807, 2.05) is 27.7 Å². The van der Waals surface area contributed by atoms with E-state index in [-0.39, 0.29) is 17.5 Å². The molecule has 0 aromatic carbocycles. The zero-order valence-corrected chi connectivity index (χ0v) is 10.3. The Hall–Kier alpha value is -1.07. The van der Waals surface area contributed by atoms with Crippen molar-refractivity contribution in [2.75, 3.05) is 6.54 Å². The fraction of sp³-hybridized carbons (Fsp3) is 0.727. The van der Waals surface area contributed by atoms with Gasteiger partial charge in [0.15, 0.2) is 5.79 Å². The van der Waals surface area contributed by atoms with Gasteiger partial charge in [-0.1, -0.05) is 0 Å². The average molecular weight is 227 g/mol. The lowest BCUT2D eigenvalue weighted by molar-refractivity contribution is -0.157. The highest BCUT2D eigenvalue weighted by molar-refractivity contribution is 5.88. The van der Waals surface area contributed by atoms with Gasteiger partial charge in [-0.15, -0.1) is 0 Å². The molecule has 1 saturated heterocycles. The first-order chi connectivity index (χ1) is 7.23. The van der Waals surface area contributed by atoms with Crippen LogP contribution >= 0.6 is 0 Å². The van der Waals surface area contributed by atoms with Gasteiger partial charge in [0.05, 0.1) is 5.60 Å². The Balaban J connectivity index is 2.46. The van der Waals surface area contributed by atoms with E-state index in [0.29, 0.717) is 6.54 Å². The molecule has 0 amide bonds. The van der Waals surface area contributed by atoms with Crippen LogP contribution in [0.5, 0.6) is 0 Å². The molecule has 0 aromatic rings. The maximum Gasteiger partial charge on any atom is 0.164 e. The molecule has 5 heteroatoms. The van der Waals surface area contributed by atoms with Crippen LogP contribution in [-0.2, 0) is 9.47 Å². The van der Waals surface area contributed by atoms with Gasteiger partial charge < -0.3 is 20.5 Å². The van der Waals surface area contributed by atoms with Crippen molar-refractivity contribution in [1.29, 1.82) is 5.41 Å². The first-order valence-electron chi connectivity index (χ1n) is 5.35. The maximum atomic E-state index is 7.02. The summed E-state index contributed by atoms with van der Waals surface area (Å²) in [6, 6.07) is 0. The highest BCUT2D eigenvalue weighted by Gasteiger charge is 2.46. The summed E-state index contributed by atoms with van der Waals surface area (Å²) in [6.07, 6.45) is 3.11. The van der Waals surface area contributed by atoms with E-state index in [1.165, 1.54) is 6.08 Å². The maximum absolute atomic E-state index is 7.02. The van der Waals surface area contributed by atoms with Gasteiger partial charge in [-0.3, -0.25) is 5.41 Å². The molecule has 1 heterocycles. The fourth-order valence-corrected chi connectivity index (χ4v) is 1.82. The number of ether oxygens (including phenoxy) is 2. The van der Waals surface area contributed by atoms with Crippen LogP contribution in [-0.4, -0.2) is 29.9 Å². The molecule has 1 rings (SSSR count). The van der Waals surface area contributed by atoms with Crippen LogP contribution in [0.4, 0.5) is 0 Å². The van der Waals surface area contributed by atoms with Crippen molar-refractivity contribution in [2.45, 2.75) is 45.2 Å². The van der Waals surface area contributed by atoms with Crippen molar-refractivity contribution in [3.8, 4) is 0 Å². The summed E-state index contributed by atoms with van der Waals surface area (Å²) in [6.45, 7) is 8.44. The van der Waals surface area contributed by atoms with Crippen LogP contribution in [0, 0.1) is 5.41 Å². The van der Waals surface area contributed by atoms with E-state index < -0.39 is 5.79 Å². The molecule has 0 aliphatic carbocycles. The molecular formula is C11H21N3O2. The van der Waals surface area contributed by atoms with E-state index in [2.05, 4.69) is 5.32 Å². The van der Waals surface area contributed by atoms with Gasteiger partial charge in [0.1, 0.15) is 11.9 Å². The molecule has 4 N–H and O–H groups in total. The molecular weight excluding hydrogens is 206 g/mol. The Labute approximate surface area is 96.5 Å². The van der Waals surface area contributed by atoms with Gasteiger partial charge in [-0.2, -0.15) is 0 Å². The van der Waals surface area contributed by atoms with Gasteiger partial charge in [-0.25, -0.2) is 0 Å². The summed E-state index contributed by atoms with van der Waals surface area (Å²) in [5, 5.41) is 10.1. The summed E-state index contributed by atoms with van der Waals surface area (Å²) in [4.78, 5) is 0. The predicted molar refractivity (Wildman–Crippen MR) is 63.2 cm³/mol. The Morgan fingerprint density at radius 2 is 2.06 bits per heavy atom. The molecule has 0 spiro atoms. The number of amidine groups is 1. The highest BCUT2D eigenvalue weighted by atomic mass is 16.8. The molecule has 0 aromatic heterocycles. The number of nitrogens with one attached hydrogen (secondary N) is 2. The van der Waals surface area contributed by atoms with Crippen LogP contribution in [0.25, 0.3) is 0 Å². The second kappa shape index (κ2) is 4.43. The third kappa shape index (κ3) is 3.50. The first kappa shape index (κ1) is 13.0. The van der Waals surface area contributed by atoms with Crippen LogP contribution < -0.4 is 11.1 Å². The number of nitrogens with two attached hydrogens (primary N) is 1. The molecule has 5 nitrogen and oxygen atoms in total. The smallest absolute Gasteiger partial charge is 0.164 e. The van der Waals surface area contributed by atoms with E-state index in [0.717, 1.165) is 0 Å². The minimum Gasteiger partial charge on any atom is -0.388 e. The average Bonchev–Trinajstić information content (AvgIpc) is 2.27. The fourth-order valence-electron chi connectivity index (χ4n) is 1.82. The standard InChI is InChI=1S/C11H21N3O2/c1-10(2)8(15-11(3,4)16-10)7-14-6-5-9(12)13/h5-6,8,14H,7H2,1-4H3,(H3,12,13)/b6-5-.